The number of thiophene rings is 1. The van der Waals surface area contributed by atoms with Crippen molar-refractivity contribution < 1.29 is 9.59 Å². The Kier molecular flexibility index (Phi) is 7.65. The van der Waals surface area contributed by atoms with Gasteiger partial charge in [0.15, 0.2) is 0 Å². The van der Waals surface area contributed by atoms with Crippen molar-refractivity contribution in [3.63, 3.8) is 0 Å². The lowest BCUT2D eigenvalue weighted by Gasteiger charge is -2.14. The van der Waals surface area contributed by atoms with Crippen LogP contribution < -0.4 is 16.1 Å². The number of benzene rings is 2. The van der Waals surface area contributed by atoms with Crippen molar-refractivity contribution in [3.8, 4) is 5.00 Å². The molecule has 200 valence electrons. The highest BCUT2D eigenvalue weighted by molar-refractivity contribution is 7.15. The van der Waals surface area contributed by atoms with Gasteiger partial charge in [0.05, 0.1) is 11.8 Å². The van der Waals surface area contributed by atoms with E-state index < -0.39 is 6.03 Å². The smallest absolute Gasteiger partial charge is 0.322 e. The Hall–Kier alpha value is -4.17. The van der Waals surface area contributed by atoms with Gasteiger partial charge in [0.1, 0.15) is 5.00 Å². The number of fused-ring (bicyclic) bond motifs is 1. The summed E-state index contributed by atoms with van der Waals surface area (Å²) in [6, 6.07) is 17.1. The monoisotopic (exact) mass is 539 g/mol. The minimum Gasteiger partial charge on any atom is -0.322 e. The molecular weight excluding hydrogens is 506 g/mol. The zero-order valence-corrected chi connectivity index (χ0v) is 23.5. The van der Waals surface area contributed by atoms with E-state index in [-0.39, 0.29) is 5.91 Å². The molecule has 1 aliphatic carbocycles. The third kappa shape index (κ3) is 5.66. The van der Waals surface area contributed by atoms with Crippen molar-refractivity contribution >= 4 is 40.9 Å². The summed E-state index contributed by atoms with van der Waals surface area (Å²) in [5.41, 5.74) is 11.0. The van der Waals surface area contributed by atoms with Crippen LogP contribution in [-0.2, 0) is 12.8 Å². The molecule has 0 aliphatic heterocycles. The fourth-order valence-corrected chi connectivity index (χ4v) is 6.53. The SMILES string of the molecule is Cc1ccc(NC(=O)c2c(-n3c(C)cc(/C=N/NC(=O)Nc4ccccc4C)c3C)sc3c2CCCC3)cc1. The number of nitrogens with one attached hydrogen (secondary N) is 3. The van der Waals surface area contributed by atoms with Gasteiger partial charge in [-0.25, -0.2) is 10.2 Å². The minimum atomic E-state index is -0.407. The highest BCUT2D eigenvalue weighted by Gasteiger charge is 2.28. The lowest BCUT2D eigenvalue weighted by atomic mass is 9.95. The molecule has 2 aromatic heterocycles. The molecule has 4 aromatic rings. The number of nitrogens with zero attached hydrogens (tertiary/aromatic N) is 2. The molecule has 0 bridgehead atoms. The molecular formula is C31H33N5O2S. The number of aryl methyl sites for hydroxylation is 4. The number of hydrogen-bond acceptors (Lipinski definition) is 4. The highest BCUT2D eigenvalue weighted by Crippen LogP contribution is 2.39. The number of aromatic nitrogens is 1. The van der Waals surface area contributed by atoms with Crippen LogP contribution in [0.1, 0.15) is 61.7 Å². The predicted molar refractivity (Wildman–Crippen MR) is 160 cm³/mol. The second-order valence-electron chi connectivity index (χ2n) is 10.0. The van der Waals surface area contributed by atoms with Crippen LogP contribution in [0, 0.1) is 27.7 Å². The summed E-state index contributed by atoms with van der Waals surface area (Å²) in [7, 11) is 0. The molecule has 8 heteroatoms. The number of urea groups is 1. The van der Waals surface area contributed by atoms with Crippen molar-refractivity contribution in [1.82, 2.24) is 9.99 Å². The van der Waals surface area contributed by atoms with E-state index in [1.54, 1.807) is 17.6 Å². The second-order valence-corrected chi connectivity index (χ2v) is 11.1. The number of amides is 3. The van der Waals surface area contributed by atoms with Crippen molar-refractivity contribution in [1.29, 1.82) is 0 Å². The Labute approximate surface area is 233 Å². The molecule has 3 N–H and O–H groups in total. The summed E-state index contributed by atoms with van der Waals surface area (Å²) in [5.74, 6) is -0.0782. The number of hydrogen-bond donors (Lipinski definition) is 3. The van der Waals surface area contributed by atoms with Crippen LogP contribution in [0.25, 0.3) is 5.00 Å². The maximum absolute atomic E-state index is 13.7. The number of anilines is 2. The number of carbonyl (C=O) groups is 2. The zero-order chi connectivity index (χ0) is 27.5. The summed E-state index contributed by atoms with van der Waals surface area (Å²) in [6.45, 7) is 8.01. The fraction of sp³-hybridized carbons (Fsp3) is 0.258. The Morgan fingerprint density at radius 1 is 0.949 bits per heavy atom. The average molecular weight is 540 g/mol. The molecule has 7 nitrogen and oxygen atoms in total. The maximum Gasteiger partial charge on any atom is 0.339 e. The van der Waals surface area contributed by atoms with Gasteiger partial charge in [-0.05, 0) is 88.8 Å². The van der Waals surface area contributed by atoms with Crippen LogP contribution >= 0.6 is 11.3 Å². The Morgan fingerprint density at radius 3 is 2.46 bits per heavy atom. The summed E-state index contributed by atoms with van der Waals surface area (Å²) >= 11 is 1.71. The first kappa shape index (κ1) is 26.4. The molecule has 1 aliphatic rings. The molecule has 0 fully saturated rings. The molecule has 0 radical (unpaired) electrons. The lowest BCUT2D eigenvalue weighted by Crippen LogP contribution is -2.24. The average Bonchev–Trinajstić information content (AvgIpc) is 3.42. The van der Waals surface area contributed by atoms with Gasteiger partial charge in [-0.3, -0.25) is 4.79 Å². The van der Waals surface area contributed by atoms with Crippen molar-refractivity contribution in [2.75, 3.05) is 10.6 Å². The topological polar surface area (TPSA) is 87.5 Å². The van der Waals surface area contributed by atoms with Gasteiger partial charge < -0.3 is 15.2 Å². The fourth-order valence-electron chi connectivity index (χ4n) is 5.03. The molecule has 2 heterocycles. The van der Waals surface area contributed by atoms with Gasteiger partial charge in [-0.15, -0.1) is 11.3 Å². The largest absolute Gasteiger partial charge is 0.339 e. The van der Waals surface area contributed by atoms with E-state index in [0.29, 0.717) is 0 Å². The minimum absolute atomic E-state index is 0.0782. The molecule has 5 rings (SSSR count). The van der Waals surface area contributed by atoms with Gasteiger partial charge in [0, 0.05) is 33.2 Å². The first-order chi connectivity index (χ1) is 18.8. The van der Waals surface area contributed by atoms with Gasteiger partial charge in [0.2, 0.25) is 0 Å². The Balaban J connectivity index is 1.41. The highest BCUT2D eigenvalue weighted by atomic mass is 32.1. The van der Waals surface area contributed by atoms with E-state index in [1.807, 2.05) is 82.3 Å². The lowest BCUT2D eigenvalue weighted by molar-refractivity contribution is 0.102. The first-order valence-electron chi connectivity index (χ1n) is 13.2. The van der Waals surface area contributed by atoms with Crippen LogP contribution in [0.15, 0.2) is 59.7 Å². The molecule has 0 atom stereocenters. The van der Waals surface area contributed by atoms with Crippen LogP contribution in [0.2, 0.25) is 0 Å². The molecule has 0 saturated carbocycles. The zero-order valence-electron chi connectivity index (χ0n) is 22.7. The van der Waals surface area contributed by atoms with E-state index in [4.69, 9.17) is 0 Å². The van der Waals surface area contributed by atoms with E-state index in [2.05, 4.69) is 25.7 Å². The second kappa shape index (κ2) is 11.3. The number of rotatable bonds is 6. The first-order valence-corrected chi connectivity index (χ1v) is 14.0. The Morgan fingerprint density at radius 2 is 1.69 bits per heavy atom. The maximum atomic E-state index is 13.7. The molecule has 0 unspecified atom stereocenters. The standard InChI is InChI=1S/C31H33N5O2S/c1-19-13-15-24(16-14-19)33-29(37)28-25-10-6-8-12-27(25)39-30(28)36-21(3)17-23(22(36)4)18-32-35-31(38)34-26-11-7-5-9-20(26)2/h5,7,9,11,13-18H,6,8,10,12H2,1-4H3,(H,33,37)(H2,34,35,38)/b32-18+. The summed E-state index contributed by atoms with van der Waals surface area (Å²) in [4.78, 5) is 27.3. The molecule has 0 saturated heterocycles. The van der Waals surface area contributed by atoms with Gasteiger partial charge >= 0.3 is 6.03 Å². The van der Waals surface area contributed by atoms with E-state index >= 15 is 0 Å². The van der Waals surface area contributed by atoms with E-state index in [9.17, 15) is 9.59 Å². The molecule has 39 heavy (non-hydrogen) atoms. The van der Waals surface area contributed by atoms with Gasteiger partial charge in [0.25, 0.3) is 5.91 Å². The van der Waals surface area contributed by atoms with Gasteiger partial charge in [-0.2, -0.15) is 5.10 Å². The number of hydrazone groups is 1. The summed E-state index contributed by atoms with van der Waals surface area (Å²) < 4.78 is 2.14. The molecule has 0 spiro atoms. The summed E-state index contributed by atoms with van der Waals surface area (Å²) in [5, 5.41) is 11.1. The van der Waals surface area contributed by atoms with Crippen LogP contribution in [0.3, 0.4) is 0 Å². The van der Waals surface area contributed by atoms with Gasteiger partial charge in [-0.1, -0.05) is 35.9 Å². The third-order valence-corrected chi connectivity index (χ3v) is 8.40. The normalized spacial score (nSPS) is 12.8. The van der Waals surface area contributed by atoms with Crippen molar-refractivity contribution in [2.45, 2.75) is 53.4 Å². The van der Waals surface area contributed by atoms with E-state index in [1.165, 1.54) is 10.4 Å². The van der Waals surface area contributed by atoms with Crippen LogP contribution in [-0.4, -0.2) is 22.7 Å². The Bertz CT molecular complexity index is 1560. The van der Waals surface area contributed by atoms with Crippen molar-refractivity contribution in [2.24, 2.45) is 5.10 Å². The molecule has 2 aromatic carbocycles. The summed E-state index contributed by atoms with van der Waals surface area (Å²) in [6.07, 6.45) is 5.79. The number of carbonyl (C=O) groups excluding carboxylic acids is 2. The predicted octanol–water partition coefficient (Wildman–Crippen LogP) is 7.06. The van der Waals surface area contributed by atoms with Crippen molar-refractivity contribution in [3.05, 3.63) is 98.7 Å². The van der Waals surface area contributed by atoms with Crippen LogP contribution in [0.4, 0.5) is 16.2 Å². The van der Waals surface area contributed by atoms with E-state index in [0.717, 1.165) is 75.7 Å². The quantitative estimate of drug-likeness (QED) is 0.181. The van der Waals surface area contributed by atoms with Crippen LogP contribution in [0.5, 0.6) is 0 Å². The number of para-hydroxylation sites is 1. The third-order valence-electron chi connectivity index (χ3n) is 7.13. The molecule has 3 amide bonds.